The summed E-state index contributed by atoms with van der Waals surface area (Å²) in [5.41, 5.74) is 5.85. The van der Waals surface area contributed by atoms with Crippen LogP contribution >= 0.6 is 11.8 Å². The highest BCUT2D eigenvalue weighted by Crippen LogP contribution is 2.42. The number of hydrogen-bond donors (Lipinski definition) is 2. The van der Waals surface area contributed by atoms with Crippen molar-refractivity contribution in [3.05, 3.63) is 0 Å². The number of carboxylic acids is 1. The molecule has 0 aromatic rings. The van der Waals surface area contributed by atoms with Gasteiger partial charge in [-0.3, -0.25) is 4.79 Å². The fourth-order valence-electron chi connectivity index (χ4n) is 1.92. The lowest BCUT2D eigenvalue weighted by atomic mass is 9.76. The quantitative estimate of drug-likeness (QED) is 0.723. The van der Waals surface area contributed by atoms with Gasteiger partial charge in [-0.15, -0.1) is 0 Å². The summed E-state index contributed by atoms with van der Waals surface area (Å²) in [7, 11) is 0. The first-order valence-electron chi connectivity index (χ1n) is 4.66. The van der Waals surface area contributed by atoms with Gasteiger partial charge in [0, 0.05) is 17.2 Å². The molecule has 1 rings (SSSR count). The van der Waals surface area contributed by atoms with Gasteiger partial charge in [-0.25, -0.2) is 0 Å². The van der Waals surface area contributed by atoms with E-state index in [1.807, 2.05) is 18.7 Å². The summed E-state index contributed by atoms with van der Waals surface area (Å²) in [5, 5.41) is 8.82. The Hall–Kier alpha value is -0.220. The predicted molar refractivity (Wildman–Crippen MR) is 54.9 cm³/mol. The molecule has 1 saturated heterocycles. The molecule has 0 aromatic carbocycles. The molecular weight excluding hydrogens is 186 g/mol. The Kier molecular flexibility index (Phi) is 3.62. The van der Waals surface area contributed by atoms with Crippen molar-refractivity contribution in [1.29, 1.82) is 0 Å². The zero-order chi connectivity index (χ0) is 9.90. The highest BCUT2D eigenvalue weighted by molar-refractivity contribution is 7.99. The van der Waals surface area contributed by atoms with E-state index in [9.17, 15) is 4.79 Å². The van der Waals surface area contributed by atoms with Crippen LogP contribution in [-0.2, 0) is 4.79 Å². The Morgan fingerprint density at radius 2 is 2.46 bits per heavy atom. The maximum Gasteiger partial charge on any atom is 0.303 e. The molecule has 76 valence electrons. The Morgan fingerprint density at radius 3 is 2.85 bits per heavy atom. The van der Waals surface area contributed by atoms with E-state index in [0.29, 0.717) is 0 Å². The molecule has 0 aromatic heterocycles. The summed E-state index contributed by atoms with van der Waals surface area (Å²) in [6.07, 6.45) is 2.06. The molecule has 3 N–H and O–H groups in total. The molecule has 0 bridgehead atoms. The molecule has 0 saturated carbocycles. The number of nitrogens with two attached hydrogens (primary N) is 1. The van der Waals surface area contributed by atoms with Crippen LogP contribution in [0.2, 0.25) is 0 Å². The second kappa shape index (κ2) is 4.33. The van der Waals surface area contributed by atoms with Crippen LogP contribution in [0.1, 0.15) is 26.2 Å². The van der Waals surface area contributed by atoms with E-state index >= 15 is 0 Å². The zero-order valence-electron chi connectivity index (χ0n) is 7.95. The summed E-state index contributed by atoms with van der Waals surface area (Å²) in [6.45, 7) is 2.03. The van der Waals surface area contributed by atoms with Gasteiger partial charge in [-0.1, -0.05) is 6.92 Å². The number of aliphatic carboxylic acids is 1. The van der Waals surface area contributed by atoms with Gasteiger partial charge in [0.25, 0.3) is 0 Å². The van der Waals surface area contributed by atoms with Crippen molar-refractivity contribution in [1.82, 2.24) is 0 Å². The van der Waals surface area contributed by atoms with Gasteiger partial charge in [0.05, 0.1) is 6.42 Å². The number of thioether (sulfide) groups is 1. The third kappa shape index (κ3) is 2.38. The van der Waals surface area contributed by atoms with E-state index in [1.54, 1.807) is 0 Å². The monoisotopic (exact) mass is 203 g/mol. The fourth-order valence-corrected chi connectivity index (χ4v) is 3.48. The first kappa shape index (κ1) is 10.9. The average Bonchev–Trinajstić information content (AvgIpc) is 2.51. The van der Waals surface area contributed by atoms with E-state index in [1.165, 1.54) is 0 Å². The van der Waals surface area contributed by atoms with Crippen LogP contribution in [0, 0.1) is 5.41 Å². The Morgan fingerprint density at radius 1 is 1.77 bits per heavy atom. The molecule has 4 heteroatoms. The summed E-state index contributed by atoms with van der Waals surface area (Å²) in [6, 6.07) is 0.0404. The molecule has 0 aliphatic carbocycles. The third-order valence-corrected chi connectivity index (χ3v) is 4.14. The van der Waals surface area contributed by atoms with Gasteiger partial charge in [0.2, 0.25) is 0 Å². The number of carbonyl (C=O) groups is 1. The molecular formula is C9H17NO2S. The summed E-state index contributed by atoms with van der Waals surface area (Å²) in [5.74, 6) is 1.25. The molecule has 1 aliphatic rings. The molecule has 2 atom stereocenters. The first-order valence-corrected chi connectivity index (χ1v) is 5.81. The van der Waals surface area contributed by atoms with E-state index in [2.05, 4.69) is 0 Å². The van der Waals surface area contributed by atoms with Crippen molar-refractivity contribution in [2.75, 3.05) is 11.5 Å². The van der Waals surface area contributed by atoms with Crippen molar-refractivity contribution >= 4 is 17.7 Å². The standard InChI is InChI=1S/C9H17NO2S/c1-2-7(10)9(5-8(11)12)3-4-13-6-9/h7H,2-6,10H2,1H3,(H,11,12). The lowest BCUT2D eigenvalue weighted by Crippen LogP contribution is -2.43. The van der Waals surface area contributed by atoms with E-state index < -0.39 is 5.97 Å². The smallest absolute Gasteiger partial charge is 0.303 e. The molecule has 2 unspecified atom stereocenters. The van der Waals surface area contributed by atoms with E-state index in [4.69, 9.17) is 10.8 Å². The maximum atomic E-state index is 10.7. The molecule has 0 spiro atoms. The maximum absolute atomic E-state index is 10.7. The minimum Gasteiger partial charge on any atom is -0.481 e. The summed E-state index contributed by atoms with van der Waals surface area (Å²) < 4.78 is 0. The first-order chi connectivity index (χ1) is 6.10. The minimum atomic E-state index is -0.716. The second-order valence-corrected chi connectivity index (χ2v) is 4.86. The molecule has 1 aliphatic heterocycles. The van der Waals surface area contributed by atoms with Crippen molar-refractivity contribution < 1.29 is 9.90 Å². The Bertz CT molecular complexity index is 190. The van der Waals surface area contributed by atoms with Crippen LogP contribution in [0.4, 0.5) is 0 Å². The van der Waals surface area contributed by atoms with E-state index in [0.717, 1.165) is 24.3 Å². The number of rotatable bonds is 4. The lowest BCUT2D eigenvalue weighted by molar-refractivity contribution is -0.139. The van der Waals surface area contributed by atoms with Crippen molar-refractivity contribution in [3.8, 4) is 0 Å². The van der Waals surface area contributed by atoms with Gasteiger partial charge in [0.15, 0.2) is 0 Å². The summed E-state index contributed by atoms with van der Waals surface area (Å²) in [4.78, 5) is 10.7. The molecule has 3 nitrogen and oxygen atoms in total. The number of carboxylic acid groups (broad SMARTS) is 1. The summed E-state index contributed by atoms with van der Waals surface area (Å²) >= 11 is 1.82. The lowest BCUT2D eigenvalue weighted by Gasteiger charge is -2.32. The fraction of sp³-hybridized carbons (Fsp3) is 0.889. The van der Waals surface area contributed by atoms with Crippen molar-refractivity contribution in [2.45, 2.75) is 32.2 Å². The zero-order valence-corrected chi connectivity index (χ0v) is 8.77. The molecule has 0 amide bonds. The van der Waals surface area contributed by atoms with E-state index in [-0.39, 0.29) is 17.9 Å². The molecule has 1 fully saturated rings. The SMILES string of the molecule is CCC(N)C1(CC(=O)O)CCSC1. The van der Waals surface area contributed by atoms with Crippen LogP contribution in [0.5, 0.6) is 0 Å². The van der Waals surface area contributed by atoms with Gasteiger partial charge < -0.3 is 10.8 Å². The molecule has 13 heavy (non-hydrogen) atoms. The third-order valence-electron chi connectivity index (χ3n) is 2.86. The van der Waals surface area contributed by atoms with Crippen LogP contribution < -0.4 is 5.73 Å². The van der Waals surface area contributed by atoms with Crippen LogP contribution in [0.3, 0.4) is 0 Å². The largest absolute Gasteiger partial charge is 0.481 e. The van der Waals surface area contributed by atoms with Gasteiger partial charge in [-0.2, -0.15) is 11.8 Å². The number of hydrogen-bond acceptors (Lipinski definition) is 3. The Balaban J connectivity index is 2.68. The van der Waals surface area contributed by atoms with Crippen LogP contribution in [0.15, 0.2) is 0 Å². The minimum absolute atomic E-state index is 0.0404. The van der Waals surface area contributed by atoms with Crippen LogP contribution in [0.25, 0.3) is 0 Å². The normalized spacial score (nSPS) is 30.3. The van der Waals surface area contributed by atoms with Crippen LogP contribution in [-0.4, -0.2) is 28.6 Å². The van der Waals surface area contributed by atoms with Gasteiger partial charge in [-0.05, 0) is 18.6 Å². The van der Waals surface area contributed by atoms with Gasteiger partial charge in [0.1, 0.15) is 0 Å². The van der Waals surface area contributed by atoms with Crippen molar-refractivity contribution in [3.63, 3.8) is 0 Å². The topological polar surface area (TPSA) is 63.3 Å². The Labute approximate surface area is 83.1 Å². The second-order valence-electron chi connectivity index (χ2n) is 3.75. The van der Waals surface area contributed by atoms with Crippen molar-refractivity contribution in [2.24, 2.45) is 11.1 Å². The molecule has 0 radical (unpaired) electrons. The van der Waals surface area contributed by atoms with Gasteiger partial charge >= 0.3 is 5.97 Å². The average molecular weight is 203 g/mol. The highest BCUT2D eigenvalue weighted by Gasteiger charge is 2.40. The molecule has 1 heterocycles. The predicted octanol–water partition coefficient (Wildman–Crippen LogP) is 1.32. The highest BCUT2D eigenvalue weighted by atomic mass is 32.2.